The summed E-state index contributed by atoms with van der Waals surface area (Å²) in [6.45, 7) is 0. The summed E-state index contributed by atoms with van der Waals surface area (Å²) in [5, 5.41) is 1.06. The predicted octanol–water partition coefficient (Wildman–Crippen LogP) is 1.43. The molecule has 0 bridgehead atoms. The fraction of sp³-hybridized carbons (Fsp3) is 0. The Kier molecular flexibility index (Phi) is 1.10. The van der Waals surface area contributed by atoms with Crippen molar-refractivity contribution in [2.75, 3.05) is 0 Å². The van der Waals surface area contributed by atoms with E-state index in [1.165, 1.54) is 0 Å². The molecule has 0 amide bonds. The summed E-state index contributed by atoms with van der Waals surface area (Å²) < 4.78 is 0. The standard InChI is InChI=1S/C8H5N2/c1-2-7-6-9-5-3-8(7)10-4-1/h1-4,6H. The topological polar surface area (TPSA) is 25.8 Å². The minimum absolute atomic E-state index is 0.942. The number of rotatable bonds is 0. The van der Waals surface area contributed by atoms with E-state index in [1.54, 1.807) is 18.5 Å². The minimum Gasteiger partial charge on any atom is -0.256 e. The van der Waals surface area contributed by atoms with Crippen molar-refractivity contribution in [3.8, 4) is 0 Å². The van der Waals surface area contributed by atoms with Crippen molar-refractivity contribution < 1.29 is 0 Å². The van der Waals surface area contributed by atoms with Crippen LogP contribution in [-0.2, 0) is 0 Å². The van der Waals surface area contributed by atoms with E-state index in [0.29, 0.717) is 0 Å². The fourth-order valence-electron chi connectivity index (χ4n) is 0.865. The van der Waals surface area contributed by atoms with Crippen molar-refractivity contribution in [2.45, 2.75) is 0 Å². The summed E-state index contributed by atoms with van der Waals surface area (Å²) in [7, 11) is 0. The SMILES string of the molecule is [c]1cc2ncccc2cn1. The zero-order chi connectivity index (χ0) is 6.81. The Labute approximate surface area is 58.6 Å². The molecule has 10 heavy (non-hydrogen) atoms. The van der Waals surface area contributed by atoms with Crippen molar-refractivity contribution >= 4 is 10.9 Å². The van der Waals surface area contributed by atoms with Crippen LogP contribution in [0.25, 0.3) is 10.9 Å². The molecule has 0 aliphatic carbocycles. The molecule has 2 nitrogen and oxygen atoms in total. The molecular weight excluding hydrogens is 124 g/mol. The highest BCUT2D eigenvalue weighted by atomic mass is 14.7. The highest BCUT2D eigenvalue weighted by Gasteiger charge is 1.88. The van der Waals surface area contributed by atoms with E-state index in [1.807, 2.05) is 12.1 Å². The summed E-state index contributed by atoms with van der Waals surface area (Å²) in [6.07, 6.45) is 6.24. The Balaban J connectivity index is 2.89. The van der Waals surface area contributed by atoms with Crippen molar-refractivity contribution in [3.63, 3.8) is 0 Å². The maximum Gasteiger partial charge on any atom is 0.0908 e. The van der Waals surface area contributed by atoms with Gasteiger partial charge in [-0.05, 0) is 18.2 Å². The van der Waals surface area contributed by atoms with Crippen LogP contribution < -0.4 is 0 Å². The third-order valence-electron chi connectivity index (χ3n) is 1.35. The summed E-state index contributed by atoms with van der Waals surface area (Å²) in [5.74, 6) is 0. The van der Waals surface area contributed by atoms with Crippen molar-refractivity contribution in [2.24, 2.45) is 0 Å². The second kappa shape index (κ2) is 2.06. The molecule has 1 radical (unpaired) electrons. The highest BCUT2D eigenvalue weighted by Crippen LogP contribution is 2.05. The lowest BCUT2D eigenvalue weighted by Crippen LogP contribution is -1.77. The normalized spacial score (nSPS) is 10.0. The van der Waals surface area contributed by atoms with Crippen molar-refractivity contribution in [1.82, 2.24) is 9.97 Å². The van der Waals surface area contributed by atoms with E-state index in [9.17, 15) is 0 Å². The maximum absolute atomic E-state index is 4.11. The van der Waals surface area contributed by atoms with Gasteiger partial charge in [-0.2, -0.15) is 0 Å². The molecule has 0 unspecified atom stereocenters. The first-order valence-electron chi connectivity index (χ1n) is 3.03. The highest BCUT2D eigenvalue weighted by molar-refractivity contribution is 5.76. The average Bonchev–Trinajstić information content (AvgIpc) is 2.05. The number of nitrogens with zero attached hydrogens (tertiary/aromatic N) is 2. The van der Waals surface area contributed by atoms with Crippen LogP contribution in [0.5, 0.6) is 0 Å². The summed E-state index contributed by atoms with van der Waals surface area (Å²) >= 11 is 0. The van der Waals surface area contributed by atoms with E-state index in [2.05, 4.69) is 16.2 Å². The molecule has 2 aromatic rings. The number of hydrogen-bond donors (Lipinski definition) is 0. The Morgan fingerprint density at radius 1 is 1.40 bits per heavy atom. The molecule has 2 rings (SSSR count). The molecule has 0 aliphatic rings. The molecule has 0 fully saturated rings. The lowest BCUT2D eigenvalue weighted by Gasteiger charge is -1.90. The van der Waals surface area contributed by atoms with Crippen LogP contribution in [0.15, 0.2) is 30.6 Å². The van der Waals surface area contributed by atoms with E-state index >= 15 is 0 Å². The van der Waals surface area contributed by atoms with Gasteiger partial charge in [-0.3, -0.25) is 9.97 Å². The first-order chi connectivity index (χ1) is 4.97. The molecule has 2 heterocycles. The van der Waals surface area contributed by atoms with Gasteiger partial charge < -0.3 is 0 Å². The second-order valence-electron chi connectivity index (χ2n) is 2.01. The van der Waals surface area contributed by atoms with Gasteiger partial charge in [0.1, 0.15) is 0 Å². The lowest BCUT2D eigenvalue weighted by molar-refractivity contribution is 1.31. The van der Waals surface area contributed by atoms with Gasteiger partial charge in [0.2, 0.25) is 0 Å². The molecule has 47 valence electrons. The van der Waals surface area contributed by atoms with Gasteiger partial charge in [-0.15, -0.1) is 0 Å². The summed E-state index contributed by atoms with van der Waals surface area (Å²) in [6, 6.07) is 5.64. The molecular formula is C8H5N2. The first kappa shape index (κ1) is 5.35. The van der Waals surface area contributed by atoms with Crippen LogP contribution in [0, 0.1) is 6.20 Å². The first-order valence-corrected chi connectivity index (χ1v) is 3.03. The van der Waals surface area contributed by atoms with Crippen LogP contribution in [0.3, 0.4) is 0 Å². The van der Waals surface area contributed by atoms with Crippen LogP contribution in [0.4, 0.5) is 0 Å². The maximum atomic E-state index is 4.11. The Morgan fingerprint density at radius 3 is 3.30 bits per heavy atom. The van der Waals surface area contributed by atoms with Gasteiger partial charge in [-0.25, -0.2) is 0 Å². The third kappa shape index (κ3) is 0.739. The van der Waals surface area contributed by atoms with Gasteiger partial charge in [-0.1, -0.05) is 0 Å². The van der Waals surface area contributed by atoms with Gasteiger partial charge in [0.25, 0.3) is 0 Å². The number of pyridine rings is 2. The van der Waals surface area contributed by atoms with Gasteiger partial charge >= 0.3 is 0 Å². The zero-order valence-electron chi connectivity index (χ0n) is 5.28. The Bertz CT molecular complexity index is 278. The second-order valence-corrected chi connectivity index (χ2v) is 2.01. The van der Waals surface area contributed by atoms with Crippen molar-refractivity contribution in [1.29, 1.82) is 0 Å². The molecule has 2 heteroatoms. The third-order valence-corrected chi connectivity index (χ3v) is 1.35. The lowest BCUT2D eigenvalue weighted by atomic mass is 10.3. The van der Waals surface area contributed by atoms with Crippen LogP contribution in [0.2, 0.25) is 0 Å². The molecule has 0 aromatic carbocycles. The molecule has 0 spiro atoms. The smallest absolute Gasteiger partial charge is 0.0908 e. The van der Waals surface area contributed by atoms with Gasteiger partial charge in [0.05, 0.1) is 11.7 Å². The minimum atomic E-state index is 0.942. The average molecular weight is 129 g/mol. The fourth-order valence-corrected chi connectivity index (χ4v) is 0.865. The number of hydrogen-bond acceptors (Lipinski definition) is 2. The number of fused-ring (bicyclic) bond motifs is 1. The van der Waals surface area contributed by atoms with Crippen LogP contribution in [0.1, 0.15) is 0 Å². The summed E-state index contributed by atoms with van der Waals surface area (Å²) in [5.41, 5.74) is 0.942. The molecule has 0 aliphatic heterocycles. The zero-order valence-corrected chi connectivity index (χ0v) is 5.28. The van der Waals surface area contributed by atoms with Crippen molar-refractivity contribution in [3.05, 3.63) is 36.8 Å². The quantitative estimate of drug-likeness (QED) is 0.537. The van der Waals surface area contributed by atoms with E-state index in [-0.39, 0.29) is 0 Å². The van der Waals surface area contributed by atoms with E-state index < -0.39 is 0 Å². The van der Waals surface area contributed by atoms with E-state index in [0.717, 1.165) is 10.9 Å². The van der Waals surface area contributed by atoms with Crippen LogP contribution in [-0.4, -0.2) is 9.97 Å². The predicted molar refractivity (Wildman–Crippen MR) is 38.4 cm³/mol. The molecule has 0 saturated carbocycles. The van der Waals surface area contributed by atoms with Gasteiger partial charge in [0, 0.05) is 17.8 Å². The number of aromatic nitrogens is 2. The largest absolute Gasteiger partial charge is 0.256 e. The molecule has 2 aromatic heterocycles. The molecule has 0 N–H and O–H groups in total. The van der Waals surface area contributed by atoms with Gasteiger partial charge in [0.15, 0.2) is 0 Å². The Morgan fingerprint density at radius 2 is 2.40 bits per heavy atom. The summed E-state index contributed by atoms with van der Waals surface area (Å²) in [4.78, 5) is 7.96. The molecule has 0 atom stereocenters. The molecule has 0 saturated heterocycles. The van der Waals surface area contributed by atoms with E-state index in [4.69, 9.17) is 0 Å². The Hall–Kier alpha value is -1.44. The monoisotopic (exact) mass is 129 g/mol. The van der Waals surface area contributed by atoms with Crippen LogP contribution >= 0.6 is 0 Å².